The van der Waals surface area contributed by atoms with Crippen molar-refractivity contribution in [2.24, 2.45) is 17.8 Å². The average Bonchev–Trinajstić information content (AvgIpc) is 1.79. The lowest BCUT2D eigenvalue weighted by atomic mass is 9.54. The zero-order valence-electron chi connectivity index (χ0n) is 6.92. The zero-order chi connectivity index (χ0) is 7.47. The normalized spacial score (nSPS) is 55.2. The van der Waals surface area contributed by atoms with Gasteiger partial charge in [0.25, 0.3) is 0 Å². The molecule has 0 saturated heterocycles. The molecule has 1 heteroatoms. The van der Waals surface area contributed by atoms with Crippen LogP contribution in [0.5, 0.6) is 0 Å². The molecular weight excluding hydrogens is 148 g/mol. The molecule has 0 spiro atoms. The first-order chi connectivity index (χ1) is 5.23. The Kier molecular flexibility index (Phi) is 1.76. The van der Waals surface area contributed by atoms with E-state index in [1.165, 1.54) is 19.3 Å². The standard InChI is InChI=1S/C10H16O.CH4/c11-10-4-7-1-8(5-10)3-9(2-7)6-10;/h7-9,11H,1-6H2;1H4. The molecule has 0 unspecified atom stereocenters. The Morgan fingerprint density at radius 1 is 0.833 bits per heavy atom. The van der Waals surface area contributed by atoms with Gasteiger partial charge in [-0.1, -0.05) is 7.43 Å². The van der Waals surface area contributed by atoms with Gasteiger partial charge >= 0.3 is 0 Å². The van der Waals surface area contributed by atoms with Gasteiger partial charge in [-0.15, -0.1) is 0 Å². The van der Waals surface area contributed by atoms with Crippen LogP contribution in [-0.4, -0.2) is 10.7 Å². The molecule has 4 rings (SSSR count). The lowest BCUT2D eigenvalue weighted by molar-refractivity contribution is -0.124. The van der Waals surface area contributed by atoms with Gasteiger partial charge < -0.3 is 5.11 Å². The fraction of sp³-hybridized carbons (Fsp3) is 1.00. The molecule has 0 aromatic heterocycles. The molecule has 0 radical (unpaired) electrons. The van der Waals surface area contributed by atoms with E-state index in [9.17, 15) is 5.11 Å². The van der Waals surface area contributed by atoms with Gasteiger partial charge in [-0.05, 0) is 56.3 Å². The summed E-state index contributed by atoms with van der Waals surface area (Å²) < 4.78 is 0. The summed E-state index contributed by atoms with van der Waals surface area (Å²) in [6.45, 7) is 0. The fourth-order valence-electron chi connectivity index (χ4n) is 4.06. The molecule has 0 aromatic rings. The highest BCUT2D eigenvalue weighted by molar-refractivity contribution is 5.01. The molecule has 12 heavy (non-hydrogen) atoms. The minimum absolute atomic E-state index is 0. The summed E-state index contributed by atoms with van der Waals surface area (Å²) >= 11 is 0. The summed E-state index contributed by atoms with van der Waals surface area (Å²) in [4.78, 5) is 0. The maximum absolute atomic E-state index is 10.1. The van der Waals surface area contributed by atoms with Crippen molar-refractivity contribution in [2.45, 2.75) is 51.6 Å². The lowest BCUT2D eigenvalue weighted by Gasteiger charge is -2.54. The van der Waals surface area contributed by atoms with E-state index in [0.717, 1.165) is 37.0 Å². The van der Waals surface area contributed by atoms with Crippen molar-refractivity contribution >= 4 is 0 Å². The van der Waals surface area contributed by atoms with Crippen molar-refractivity contribution in [3.05, 3.63) is 0 Å². The molecule has 4 saturated carbocycles. The Hall–Kier alpha value is -0.0400. The second-order valence-corrected chi connectivity index (χ2v) is 5.14. The van der Waals surface area contributed by atoms with Gasteiger partial charge in [-0.25, -0.2) is 0 Å². The molecule has 4 bridgehead atoms. The van der Waals surface area contributed by atoms with Crippen molar-refractivity contribution in [3.8, 4) is 0 Å². The van der Waals surface area contributed by atoms with E-state index in [1.54, 1.807) is 0 Å². The van der Waals surface area contributed by atoms with Crippen molar-refractivity contribution in [3.63, 3.8) is 0 Å². The summed E-state index contributed by atoms with van der Waals surface area (Å²) in [6.07, 6.45) is 7.66. The Morgan fingerprint density at radius 3 is 1.42 bits per heavy atom. The SMILES string of the molecule is C.OC12CC3CC(CC(C3)C1)C2. The number of hydrogen-bond donors (Lipinski definition) is 1. The molecule has 70 valence electrons. The summed E-state index contributed by atoms with van der Waals surface area (Å²) in [5.41, 5.74) is -0.200. The zero-order valence-corrected chi connectivity index (χ0v) is 6.92. The van der Waals surface area contributed by atoms with Gasteiger partial charge in [0.1, 0.15) is 0 Å². The van der Waals surface area contributed by atoms with Crippen molar-refractivity contribution in [2.75, 3.05) is 0 Å². The predicted octanol–water partition coefficient (Wildman–Crippen LogP) is 2.58. The highest BCUT2D eigenvalue weighted by atomic mass is 16.3. The second-order valence-electron chi connectivity index (χ2n) is 5.14. The van der Waals surface area contributed by atoms with Crippen molar-refractivity contribution in [1.29, 1.82) is 0 Å². The molecule has 0 atom stereocenters. The molecule has 0 aromatic carbocycles. The Balaban J connectivity index is 0.000000563. The Labute approximate surface area is 75.2 Å². The smallest absolute Gasteiger partial charge is 0.0655 e. The first kappa shape index (κ1) is 8.55. The van der Waals surface area contributed by atoms with E-state index in [1.807, 2.05) is 0 Å². The molecule has 0 heterocycles. The van der Waals surface area contributed by atoms with Gasteiger partial charge in [0.2, 0.25) is 0 Å². The lowest BCUT2D eigenvalue weighted by Crippen LogP contribution is -2.50. The van der Waals surface area contributed by atoms with Crippen LogP contribution >= 0.6 is 0 Å². The first-order valence-corrected chi connectivity index (χ1v) is 4.96. The van der Waals surface area contributed by atoms with Gasteiger partial charge in [0.15, 0.2) is 0 Å². The van der Waals surface area contributed by atoms with Gasteiger partial charge in [0.05, 0.1) is 5.60 Å². The monoisotopic (exact) mass is 168 g/mol. The molecular formula is C11H20O. The second kappa shape index (κ2) is 2.47. The number of hydrogen-bond acceptors (Lipinski definition) is 1. The maximum atomic E-state index is 10.1. The van der Waals surface area contributed by atoms with Crippen LogP contribution < -0.4 is 0 Å². The fourth-order valence-corrected chi connectivity index (χ4v) is 4.06. The third kappa shape index (κ3) is 1.10. The molecule has 4 aliphatic carbocycles. The van der Waals surface area contributed by atoms with Crippen LogP contribution in [0.1, 0.15) is 46.0 Å². The van der Waals surface area contributed by atoms with E-state index in [-0.39, 0.29) is 13.0 Å². The molecule has 1 N–H and O–H groups in total. The number of aliphatic hydroxyl groups is 1. The minimum Gasteiger partial charge on any atom is -0.390 e. The molecule has 4 fully saturated rings. The van der Waals surface area contributed by atoms with Crippen LogP contribution in [0.15, 0.2) is 0 Å². The van der Waals surface area contributed by atoms with Gasteiger partial charge in [-0.3, -0.25) is 0 Å². The van der Waals surface area contributed by atoms with Crippen LogP contribution in [0.4, 0.5) is 0 Å². The van der Waals surface area contributed by atoms with Gasteiger partial charge in [0, 0.05) is 0 Å². The summed E-state index contributed by atoms with van der Waals surface area (Å²) in [5, 5.41) is 10.1. The van der Waals surface area contributed by atoms with E-state index >= 15 is 0 Å². The largest absolute Gasteiger partial charge is 0.390 e. The van der Waals surface area contributed by atoms with Crippen molar-refractivity contribution in [1.82, 2.24) is 0 Å². The van der Waals surface area contributed by atoms with Crippen LogP contribution in [0.2, 0.25) is 0 Å². The minimum atomic E-state index is -0.200. The van der Waals surface area contributed by atoms with E-state index < -0.39 is 0 Å². The quantitative estimate of drug-likeness (QED) is 0.589. The van der Waals surface area contributed by atoms with E-state index in [2.05, 4.69) is 0 Å². The van der Waals surface area contributed by atoms with Crippen LogP contribution in [0.25, 0.3) is 0 Å². The summed E-state index contributed by atoms with van der Waals surface area (Å²) in [7, 11) is 0. The molecule has 0 amide bonds. The Morgan fingerprint density at radius 2 is 1.17 bits per heavy atom. The van der Waals surface area contributed by atoms with Crippen LogP contribution in [-0.2, 0) is 0 Å². The number of rotatable bonds is 0. The topological polar surface area (TPSA) is 20.2 Å². The highest BCUT2D eigenvalue weighted by Gasteiger charge is 2.49. The van der Waals surface area contributed by atoms with E-state index in [4.69, 9.17) is 0 Å². The Bertz CT molecular complexity index is 150. The molecule has 4 aliphatic rings. The van der Waals surface area contributed by atoms with E-state index in [0.29, 0.717) is 0 Å². The third-order valence-electron chi connectivity index (χ3n) is 4.01. The molecule has 0 aliphatic heterocycles. The van der Waals surface area contributed by atoms with Gasteiger partial charge in [-0.2, -0.15) is 0 Å². The third-order valence-corrected chi connectivity index (χ3v) is 4.01. The van der Waals surface area contributed by atoms with Crippen molar-refractivity contribution < 1.29 is 5.11 Å². The summed E-state index contributed by atoms with van der Waals surface area (Å²) in [6, 6.07) is 0. The predicted molar refractivity (Wildman–Crippen MR) is 49.9 cm³/mol. The molecule has 1 nitrogen and oxygen atoms in total. The maximum Gasteiger partial charge on any atom is 0.0655 e. The first-order valence-electron chi connectivity index (χ1n) is 4.96. The van der Waals surface area contributed by atoms with Crippen LogP contribution in [0, 0.1) is 17.8 Å². The average molecular weight is 168 g/mol. The highest BCUT2D eigenvalue weighted by Crippen LogP contribution is 2.55. The summed E-state index contributed by atoms with van der Waals surface area (Å²) in [5.74, 6) is 2.68. The van der Waals surface area contributed by atoms with Crippen LogP contribution in [0.3, 0.4) is 0 Å².